The van der Waals surface area contributed by atoms with Crippen molar-refractivity contribution in [3.05, 3.63) is 29.6 Å². The first-order chi connectivity index (χ1) is 10.9. The van der Waals surface area contributed by atoms with Crippen LogP contribution in [0.1, 0.15) is 31.4 Å². The molecule has 7 nitrogen and oxygen atoms in total. The van der Waals surface area contributed by atoms with Crippen LogP contribution in [0.25, 0.3) is 0 Å². The third-order valence-electron chi connectivity index (χ3n) is 3.57. The van der Waals surface area contributed by atoms with Gasteiger partial charge in [-0.25, -0.2) is 9.18 Å². The number of benzene rings is 1. The monoisotopic (exact) mass is 323 g/mol. The highest BCUT2D eigenvalue weighted by molar-refractivity contribution is 6.04. The van der Waals surface area contributed by atoms with Gasteiger partial charge in [-0.2, -0.15) is 0 Å². The van der Waals surface area contributed by atoms with Crippen molar-refractivity contribution >= 4 is 17.8 Å². The Balaban J connectivity index is 1.86. The zero-order chi connectivity index (χ0) is 17.0. The minimum absolute atomic E-state index is 0.0708. The largest absolute Gasteiger partial charge is 0.494 e. The number of carbonyl (C=O) groups is 3. The fraction of sp³-hybridized carbons (Fsp3) is 0.400. The van der Waals surface area contributed by atoms with Gasteiger partial charge < -0.3 is 15.4 Å². The molecule has 2 atom stereocenters. The summed E-state index contributed by atoms with van der Waals surface area (Å²) < 4.78 is 18.5. The van der Waals surface area contributed by atoms with E-state index in [-0.39, 0.29) is 24.5 Å². The number of amides is 4. The van der Waals surface area contributed by atoms with Crippen molar-refractivity contribution in [1.29, 1.82) is 0 Å². The second kappa shape index (κ2) is 7.08. The second-order valence-corrected chi connectivity index (χ2v) is 5.24. The van der Waals surface area contributed by atoms with Crippen LogP contribution < -0.4 is 20.7 Å². The predicted octanol–water partition coefficient (Wildman–Crippen LogP) is 1.000. The topological polar surface area (TPSA) is 96.5 Å². The first-order valence-corrected chi connectivity index (χ1v) is 7.15. The number of rotatable bonds is 6. The molecule has 0 aliphatic carbocycles. The molecule has 124 valence electrons. The van der Waals surface area contributed by atoms with Crippen molar-refractivity contribution in [3.63, 3.8) is 0 Å². The van der Waals surface area contributed by atoms with Gasteiger partial charge in [0.2, 0.25) is 5.91 Å². The van der Waals surface area contributed by atoms with Crippen molar-refractivity contribution in [2.24, 2.45) is 0 Å². The number of hydrogen-bond acceptors (Lipinski definition) is 4. The Kier molecular flexibility index (Phi) is 5.15. The Morgan fingerprint density at radius 3 is 2.74 bits per heavy atom. The molecule has 1 aliphatic heterocycles. The van der Waals surface area contributed by atoms with Crippen LogP contribution in [-0.4, -0.2) is 31.0 Å². The van der Waals surface area contributed by atoms with Gasteiger partial charge in [-0.15, -0.1) is 0 Å². The average molecular weight is 323 g/mol. The standard InChI is InChI=1S/C15H18FN3O4/c1-8(9-3-5-12(23-2)10(16)7-9)17-13(20)6-4-11-14(21)19-15(22)18-11/h3,5,7-8,11H,4,6H2,1-2H3,(H,17,20)(H2,18,19,21,22). The fourth-order valence-corrected chi connectivity index (χ4v) is 2.29. The van der Waals surface area contributed by atoms with Crippen LogP contribution in [0.5, 0.6) is 5.75 Å². The molecule has 4 amide bonds. The third kappa shape index (κ3) is 4.18. The van der Waals surface area contributed by atoms with E-state index in [1.807, 2.05) is 0 Å². The van der Waals surface area contributed by atoms with Crippen LogP contribution in [0.15, 0.2) is 18.2 Å². The zero-order valence-electron chi connectivity index (χ0n) is 12.8. The molecule has 1 fully saturated rings. The van der Waals surface area contributed by atoms with Gasteiger partial charge in [-0.05, 0) is 31.0 Å². The van der Waals surface area contributed by atoms with E-state index in [0.717, 1.165) is 0 Å². The Labute approximate surface area is 132 Å². The van der Waals surface area contributed by atoms with Crippen LogP contribution in [0, 0.1) is 5.82 Å². The molecular formula is C15H18FN3O4. The van der Waals surface area contributed by atoms with Crippen LogP contribution in [0.3, 0.4) is 0 Å². The van der Waals surface area contributed by atoms with Crippen LogP contribution in [0.4, 0.5) is 9.18 Å². The molecule has 1 aromatic carbocycles. The van der Waals surface area contributed by atoms with E-state index in [1.165, 1.54) is 19.2 Å². The van der Waals surface area contributed by atoms with E-state index in [4.69, 9.17) is 4.74 Å². The number of imide groups is 1. The molecule has 2 rings (SSSR count). The van der Waals surface area contributed by atoms with Gasteiger partial charge in [0, 0.05) is 6.42 Å². The lowest BCUT2D eigenvalue weighted by Gasteiger charge is -2.16. The maximum Gasteiger partial charge on any atom is 0.322 e. The molecule has 0 spiro atoms. The van der Waals surface area contributed by atoms with E-state index in [0.29, 0.717) is 5.56 Å². The summed E-state index contributed by atoms with van der Waals surface area (Å²) in [5.74, 6) is -1.09. The maximum absolute atomic E-state index is 13.7. The number of hydrogen-bond donors (Lipinski definition) is 3. The van der Waals surface area contributed by atoms with Gasteiger partial charge in [0.05, 0.1) is 13.2 Å². The molecule has 1 heterocycles. The number of urea groups is 1. The predicted molar refractivity (Wildman–Crippen MR) is 79.2 cm³/mol. The van der Waals surface area contributed by atoms with Crippen molar-refractivity contribution in [1.82, 2.24) is 16.0 Å². The fourth-order valence-electron chi connectivity index (χ4n) is 2.29. The van der Waals surface area contributed by atoms with Crippen LogP contribution >= 0.6 is 0 Å². The Hall–Kier alpha value is -2.64. The van der Waals surface area contributed by atoms with Crippen molar-refractivity contribution in [2.45, 2.75) is 31.8 Å². The lowest BCUT2D eigenvalue weighted by Crippen LogP contribution is -2.32. The summed E-state index contributed by atoms with van der Waals surface area (Å²) in [6.07, 6.45) is 0.272. The molecule has 2 unspecified atom stereocenters. The van der Waals surface area contributed by atoms with Crippen molar-refractivity contribution in [3.8, 4) is 5.75 Å². The summed E-state index contributed by atoms with van der Waals surface area (Å²) in [5, 5.41) is 7.24. The molecule has 0 aromatic heterocycles. The summed E-state index contributed by atoms with van der Waals surface area (Å²) in [7, 11) is 1.38. The molecule has 1 aliphatic rings. The van der Waals surface area contributed by atoms with Gasteiger partial charge in [-0.1, -0.05) is 6.07 Å². The van der Waals surface area contributed by atoms with E-state index in [1.54, 1.807) is 13.0 Å². The lowest BCUT2D eigenvalue weighted by atomic mass is 10.1. The summed E-state index contributed by atoms with van der Waals surface area (Å²) >= 11 is 0. The number of nitrogens with one attached hydrogen (secondary N) is 3. The average Bonchev–Trinajstić information content (AvgIpc) is 2.82. The first kappa shape index (κ1) is 16.7. The Morgan fingerprint density at radius 2 is 2.17 bits per heavy atom. The molecule has 1 aromatic rings. The lowest BCUT2D eigenvalue weighted by molar-refractivity contribution is -0.122. The minimum Gasteiger partial charge on any atom is -0.494 e. The number of carbonyl (C=O) groups excluding carboxylic acids is 3. The molecule has 8 heteroatoms. The van der Waals surface area contributed by atoms with E-state index in [9.17, 15) is 18.8 Å². The third-order valence-corrected chi connectivity index (χ3v) is 3.57. The highest BCUT2D eigenvalue weighted by Crippen LogP contribution is 2.21. The van der Waals surface area contributed by atoms with Crippen molar-refractivity contribution < 1.29 is 23.5 Å². The smallest absolute Gasteiger partial charge is 0.322 e. The zero-order valence-corrected chi connectivity index (χ0v) is 12.8. The highest BCUT2D eigenvalue weighted by Gasteiger charge is 2.29. The molecule has 23 heavy (non-hydrogen) atoms. The van der Waals surface area contributed by atoms with Gasteiger partial charge in [-0.3, -0.25) is 14.9 Å². The van der Waals surface area contributed by atoms with E-state index < -0.39 is 29.8 Å². The maximum atomic E-state index is 13.7. The number of halogens is 1. The Morgan fingerprint density at radius 1 is 1.43 bits per heavy atom. The summed E-state index contributed by atoms with van der Waals surface area (Å²) in [4.78, 5) is 34.2. The summed E-state index contributed by atoms with van der Waals surface area (Å²) in [6, 6.07) is 2.82. The SMILES string of the molecule is COc1ccc(C(C)NC(=O)CCC2NC(=O)NC2=O)cc1F. The van der Waals surface area contributed by atoms with Crippen LogP contribution in [-0.2, 0) is 9.59 Å². The number of methoxy groups -OCH3 is 1. The summed E-state index contributed by atoms with van der Waals surface area (Å²) in [6.45, 7) is 1.73. The highest BCUT2D eigenvalue weighted by atomic mass is 19.1. The van der Waals surface area contributed by atoms with Crippen LogP contribution in [0.2, 0.25) is 0 Å². The minimum atomic E-state index is -0.693. The molecule has 1 saturated heterocycles. The second-order valence-electron chi connectivity index (χ2n) is 5.24. The number of ether oxygens (including phenoxy) is 1. The van der Waals surface area contributed by atoms with Gasteiger partial charge in [0.25, 0.3) is 5.91 Å². The normalized spacial score (nSPS) is 18.1. The first-order valence-electron chi connectivity index (χ1n) is 7.15. The van der Waals surface area contributed by atoms with E-state index >= 15 is 0 Å². The van der Waals surface area contributed by atoms with Gasteiger partial charge in [0.1, 0.15) is 6.04 Å². The van der Waals surface area contributed by atoms with Gasteiger partial charge in [0.15, 0.2) is 11.6 Å². The summed E-state index contributed by atoms with van der Waals surface area (Å²) in [5.41, 5.74) is 0.601. The molecule has 3 N–H and O–H groups in total. The molecule has 0 saturated carbocycles. The molecular weight excluding hydrogens is 305 g/mol. The van der Waals surface area contributed by atoms with E-state index in [2.05, 4.69) is 16.0 Å². The van der Waals surface area contributed by atoms with Gasteiger partial charge >= 0.3 is 6.03 Å². The molecule has 0 bridgehead atoms. The van der Waals surface area contributed by atoms with Crippen molar-refractivity contribution in [2.75, 3.05) is 7.11 Å². The quantitative estimate of drug-likeness (QED) is 0.681. The molecule has 0 radical (unpaired) electrons. The Bertz CT molecular complexity index is 635.